The lowest BCUT2D eigenvalue weighted by Crippen LogP contribution is -2.47. The highest BCUT2D eigenvalue weighted by Crippen LogP contribution is 2.48. The zero-order chi connectivity index (χ0) is 18.1. The third-order valence-electron chi connectivity index (χ3n) is 5.15. The van der Waals surface area contributed by atoms with Crippen molar-refractivity contribution in [1.29, 1.82) is 0 Å². The molecule has 2 heterocycles. The molecule has 2 aromatic carbocycles. The molecule has 6 heteroatoms. The Kier molecular flexibility index (Phi) is 4.75. The van der Waals surface area contributed by atoms with E-state index in [4.69, 9.17) is 9.47 Å². The lowest BCUT2D eigenvalue weighted by molar-refractivity contribution is -0.0631. The highest BCUT2D eigenvalue weighted by atomic mass is 19.1. The van der Waals surface area contributed by atoms with Crippen molar-refractivity contribution in [3.8, 4) is 0 Å². The Balaban J connectivity index is 1.73. The molecule has 2 aliphatic rings. The summed E-state index contributed by atoms with van der Waals surface area (Å²) < 4.78 is 38.1. The van der Waals surface area contributed by atoms with Crippen LogP contribution in [0.15, 0.2) is 48.5 Å². The van der Waals surface area contributed by atoms with Gasteiger partial charge in [-0.1, -0.05) is 36.4 Å². The van der Waals surface area contributed by atoms with Crippen molar-refractivity contribution in [3.63, 3.8) is 0 Å². The van der Waals surface area contributed by atoms with Gasteiger partial charge in [0.15, 0.2) is 0 Å². The monoisotopic (exact) mass is 361 g/mol. The Hall–Kier alpha value is -1.86. The van der Waals surface area contributed by atoms with Gasteiger partial charge >= 0.3 is 0 Å². The van der Waals surface area contributed by atoms with E-state index >= 15 is 0 Å². The van der Waals surface area contributed by atoms with Gasteiger partial charge in [-0.25, -0.2) is 13.7 Å². The van der Waals surface area contributed by atoms with E-state index in [1.165, 1.54) is 0 Å². The number of aliphatic hydroxyl groups excluding tert-OH is 1. The summed E-state index contributed by atoms with van der Waals surface area (Å²) in [6.45, 7) is -0.597. The minimum atomic E-state index is -0.660. The van der Waals surface area contributed by atoms with Gasteiger partial charge in [-0.3, -0.25) is 0 Å². The lowest BCUT2D eigenvalue weighted by Gasteiger charge is -2.33. The summed E-state index contributed by atoms with van der Waals surface area (Å²) in [6, 6.07) is 14.3. The van der Waals surface area contributed by atoms with Crippen molar-refractivity contribution < 1.29 is 23.4 Å². The Morgan fingerprint density at radius 2 is 1.42 bits per heavy atom. The standard InChI is InChI=1S/C20H21F2NO3/c21-9-14-3-1-5-16(7-14)18-23-19(17-6-2-4-15(8-17)10-22)26-13-20(23,11-24)12-25-18/h1-8,18-19,24H,9-13H2/t18-,19?,20-/m0/s1. The van der Waals surface area contributed by atoms with Crippen LogP contribution in [0.4, 0.5) is 8.78 Å². The van der Waals surface area contributed by atoms with Crippen molar-refractivity contribution in [2.75, 3.05) is 19.8 Å². The molecule has 2 aromatic rings. The lowest BCUT2D eigenvalue weighted by atomic mass is 10.00. The third kappa shape index (κ3) is 2.83. The van der Waals surface area contributed by atoms with Crippen molar-refractivity contribution in [3.05, 3.63) is 70.8 Å². The van der Waals surface area contributed by atoms with Crippen LogP contribution in [0.1, 0.15) is 34.7 Å². The van der Waals surface area contributed by atoms with E-state index in [1.807, 2.05) is 17.0 Å². The number of rotatable bonds is 5. The summed E-state index contributed by atoms with van der Waals surface area (Å²) in [5.74, 6) is 0. The number of nitrogens with zero attached hydrogens (tertiary/aromatic N) is 1. The fourth-order valence-corrected chi connectivity index (χ4v) is 3.79. The second kappa shape index (κ2) is 7.04. The van der Waals surface area contributed by atoms with Crippen molar-refractivity contribution in [2.24, 2.45) is 0 Å². The van der Waals surface area contributed by atoms with Crippen LogP contribution >= 0.6 is 0 Å². The topological polar surface area (TPSA) is 41.9 Å². The molecule has 0 spiro atoms. The molecular formula is C20H21F2NO3. The first-order valence-corrected chi connectivity index (χ1v) is 8.63. The van der Waals surface area contributed by atoms with Crippen molar-refractivity contribution in [2.45, 2.75) is 31.3 Å². The van der Waals surface area contributed by atoms with Crippen LogP contribution in [0.5, 0.6) is 0 Å². The van der Waals surface area contributed by atoms with Crippen LogP contribution in [-0.4, -0.2) is 35.4 Å². The number of aliphatic hydroxyl groups is 1. The average Bonchev–Trinajstić information content (AvgIpc) is 3.25. The van der Waals surface area contributed by atoms with E-state index in [2.05, 4.69) is 0 Å². The molecule has 0 saturated carbocycles. The molecule has 2 fully saturated rings. The molecule has 3 atom stereocenters. The van der Waals surface area contributed by atoms with Crippen molar-refractivity contribution >= 4 is 0 Å². The highest BCUT2D eigenvalue weighted by molar-refractivity contribution is 5.30. The maximum Gasteiger partial charge on any atom is 0.139 e. The number of hydrogen-bond acceptors (Lipinski definition) is 4. The van der Waals surface area contributed by atoms with E-state index in [0.29, 0.717) is 24.3 Å². The molecule has 0 bridgehead atoms. The first kappa shape index (κ1) is 17.5. The van der Waals surface area contributed by atoms with E-state index in [1.54, 1.807) is 36.4 Å². The Bertz CT molecular complexity index is 726. The van der Waals surface area contributed by atoms with Gasteiger partial charge in [0.25, 0.3) is 0 Å². The van der Waals surface area contributed by atoms with Gasteiger partial charge < -0.3 is 14.6 Å². The third-order valence-corrected chi connectivity index (χ3v) is 5.15. The fraction of sp³-hybridized carbons (Fsp3) is 0.400. The largest absolute Gasteiger partial charge is 0.394 e. The number of alkyl halides is 2. The van der Waals surface area contributed by atoms with Crippen LogP contribution in [-0.2, 0) is 22.8 Å². The summed E-state index contributed by atoms with van der Waals surface area (Å²) in [4.78, 5) is 1.99. The molecular weight excluding hydrogens is 340 g/mol. The molecule has 1 N–H and O–H groups in total. The Labute approximate surface area is 151 Å². The van der Waals surface area contributed by atoms with Crippen LogP contribution in [0.3, 0.4) is 0 Å². The molecule has 1 unspecified atom stereocenters. The van der Waals surface area contributed by atoms with E-state index in [9.17, 15) is 13.9 Å². The van der Waals surface area contributed by atoms with Crippen LogP contribution in [0.25, 0.3) is 0 Å². The zero-order valence-electron chi connectivity index (χ0n) is 14.3. The van der Waals surface area contributed by atoms with E-state index < -0.39 is 31.3 Å². The fourth-order valence-electron chi connectivity index (χ4n) is 3.79. The zero-order valence-corrected chi connectivity index (χ0v) is 14.3. The molecule has 2 saturated heterocycles. The van der Waals surface area contributed by atoms with Gasteiger partial charge in [-0.2, -0.15) is 0 Å². The molecule has 4 nitrogen and oxygen atoms in total. The maximum absolute atomic E-state index is 13.1. The number of halogens is 2. The number of benzene rings is 2. The van der Waals surface area contributed by atoms with Crippen LogP contribution < -0.4 is 0 Å². The summed E-state index contributed by atoms with van der Waals surface area (Å²) in [5, 5.41) is 10.0. The normalized spacial score (nSPS) is 28.4. The number of ether oxygens (including phenoxy) is 2. The molecule has 138 valence electrons. The molecule has 26 heavy (non-hydrogen) atoms. The SMILES string of the molecule is OC[C@]12COC(c3cccc(CF)c3)N1[C@H](c1cccc(CF)c1)OC2. The first-order chi connectivity index (χ1) is 12.7. The molecule has 4 rings (SSSR count). The van der Waals surface area contributed by atoms with Gasteiger partial charge in [0.05, 0.1) is 25.4 Å². The molecule has 0 aromatic heterocycles. The summed E-state index contributed by atoms with van der Waals surface area (Å²) in [6.07, 6.45) is -0.926. The van der Waals surface area contributed by atoms with E-state index in [0.717, 1.165) is 11.1 Å². The second-order valence-electron chi connectivity index (χ2n) is 6.87. The molecule has 0 aliphatic carbocycles. The van der Waals surface area contributed by atoms with E-state index in [-0.39, 0.29) is 6.61 Å². The smallest absolute Gasteiger partial charge is 0.139 e. The molecule has 2 aliphatic heterocycles. The number of fused-ring (bicyclic) bond motifs is 1. The predicted molar refractivity (Wildman–Crippen MR) is 91.5 cm³/mol. The minimum absolute atomic E-state index is 0.119. The summed E-state index contributed by atoms with van der Waals surface area (Å²) in [7, 11) is 0. The van der Waals surface area contributed by atoms with Gasteiger partial charge in [-0.05, 0) is 34.4 Å². The Morgan fingerprint density at radius 1 is 0.923 bits per heavy atom. The highest BCUT2D eigenvalue weighted by Gasteiger charge is 2.56. The van der Waals surface area contributed by atoms with Gasteiger partial charge in [0.2, 0.25) is 0 Å². The van der Waals surface area contributed by atoms with Crippen molar-refractivity contribution in [1.82, 2.24) is 4.90 Å². The first-order valence-electron chi connectivity index (χ1n) is 8.63. The number of hydrogen-bond donors (Lipinski definition) is 1. The average molecular weight is 361 g/mol. The van der Waals surface area contributed by atoms with Gasteiger partial charge in [-0.15, -0.1) is 0 Å². The Morgan fingerprint density at radius 3 is 1.85 bits per heavy atom. The van der Waals surface area contributed by atoms with Gasteiger partial charge in [0.1, 0.15) is 25.8 Å². The maximum atomic E-state index is 13.1. The van der Waals surface area contributed by atoms with Gasteiger partial charge in [0, 0.05) is 0 Å². The summed E-state index contributed by atoms with van der Waals surface area (Å²) >= 11 is 0. The van der Waals surface area contributed by atoms with Crippen LogP contribution in [0, 0.1) is 0 Å². The second-order valence-corrected chi connectivity index (χ2v) is 6.87. The minimum Gasteiger partial charge on any atom is -0.394 e. The van der Waals surface area contributed by atoms with Crippen LogP contribution in [0.2, 0.25) is 0 Å². The quantitative estimate of drug-likeness (QED) is 0.886. The molecule has 0 radical (unpaired) electrons. The molecule has 0 amide bonds. The predicted octanol–water partition coefficient (Wildman–Crippen LogP) is 3.42. The summed E-state index contributed by atoms with van der Waals surface area (Å²) in [5.41, 5.74) is 2.11.